The van der Waals surface area contributed by atoms with Crippen LogP contribution >= 0.6 is 0 Å². The van der Waals surface area contributed by atoms with E-state index in [1.54, 1.807) is 0 Å². The number of primary amides is 1. The van der Waals surface area contributed by atoms with Gasteiger partial charge < -0.3 is 31.3 Å². The van der Waals surface area contributed by atoms with E-state index in [9.17, 15) is 44.3 Å². The lowest BCUT2D eigenvalue weighted by atomic mass is 9.56. The van der Waals surface area contributed by atoms with E-state index in [0.29, 0.717) is 5.56 Å². The zero-order valence-corrected chi connectivity index (χ0v) is 20.8. The van der Waals surface area contributed by atoms with Crippen molar-refractivity contribution in [1.82, 2.24) is 4.90 Å². The molecule has 0 aromatic heterocycles. The minimum Gasteiger partial charge on any atom is -0.510 e. The van der Waals surface area contributed by atoms with Crippen LogP contribution in [0.15, 0.2) is 65.1 Å². The van der Waals surface area contributed by atoms with E-state index in [1.807, 2.05) is 0 Å². The van der Waals surface area contributed by atoms with Gasteiger partial charge in [0.15, 0.2) is 11.4 Å². The predicted octanol–water partition coefficient (Wildman–Crippen LogP) is 1.23. The number of nitrogens with two attached hydrogens (primary N) is 1. The summed E-state index contributed by atoms with van der Waals surface area (Å²) in [6.07, 6.45) is -0.268. The fraction of sp³-hybridized carbons (Fsp3) is 0.250. The number of Topliss-reactive ketones (excluding diaryl/α,β-unsaturated/α-hetero) is 2. The Kier molecular flexibility index (Phi) is 5.98. The molecule has 0 radical (unpaired) electrons. The molecule has 2 aromatic rings. The summed E-state index contributed by atoms with van der Waals surface area (Å²) in [5.74, 6) is -9.72. The fourth-order valence-corrected chi connectivity index (χ4v) is 6.05. The highest BCUT2D eigenvalue weighted by atomic mass is 19.1. The van der Waals surface area contributed by atoms with Crippen molar-refractivity contribution in [3.05, 3.63) is 87.6 Å². The van der Waals surface area contributed by atoms with Crippen LogP contribution in [0, 0.1) is 17.7 Å². The molecule has 0 spiro atoms. The molecule has 10 nitrogen and oxygen atoms in total. The van der Waals surface area contributed by atoms with E-state index in [-0.39, 0.29) is 16.7 Å². The molecule has 5 rings (SSSR count). The van der Waals surface area contributed by atoms with Gasteiger partial charge in [-0.1, -0.05) is 30.3 Å². The van der Waals surface area contributed by atoms with Crippen molar-refractivity contribution in [2.45, 2.75) is 17.7 Å². The largest absolute Gasteiger partial charge is 0.510 e. The summed E-state index contributed by atoms with van der Waals surface area (Å²) in [6.45, 7) is 0. The Morgan fingerprint density at radius 1 is 1.08 bits per heavy atom. The van der Waals surface area contributed by atoms with Gasteiger partial charge in [-0.05, 0) is 49.0 Å². The Labute approximate surface area is 221 Å². The molecule has 39 heavy (non-hydrogen) atoms. The van der Waals surface area contributed by atoms with E-state index >= 15 is 0 Å². The number of hydrogen-bond donors (Lipinski definition) is 6. The van der Waals surface area contributed by atoms with Crippen LogP contribution in [0.4, 0.5) is 4.39 Å². The van der Waals surface area contributed by atoms with Gasteiger partial charge in [0.2, 0.25) is 5.78 Å². The van der Waals surface area contributed by atoms with Crippen molar-refractivity contribution >= 4 is 29.1 Å². The van der Waals surface area contributed by atoms with E-state index in [0.717, 1.165) is 0 Å². The molecule has 202 valence electrons. The first-order valence-electron chi connectivity index (χ1n) is 11.9. The van der Waals surface area contributed by atoms with E-state index in [4.69, 9.17) is 5.73 Å². The third-order valence-corrected chi connectivity index (χ3v) is 7.72. The normalized spacial score (nSPS) is 29.4. The number of carbonyl (C=O) groups is 3. The first-order chi connectivity index (χ1) is 18.3. The Morgan fingerprint density at radius 3 is 2.31 bits per heavy atom. The Bertz CT molecular complexity index is 1540. The second kappa shape index (κ2) is 8.87. The van der Waals surface area contributed by atoms with Crippen LogP contribution < -0.4 is 5.73 Å². The van der Waals surface area contributed by atoms with Crippen molar-refractivity contribution in [1.29, 1.82) is 0 Å². The Morgan fingerprint density at radius 2 is 1.72 bits per heavy atom. The maximum atomic E-state index is 13.7. The second-order valence-electron chi connectivity index (χ2n) is 10.1. The van der Waals surface area contributed by atoms with Crippen LogP contribution in [0.2, 0.25) is 0 Å². The quantitative estimate of drug-likeness (QED) is 0.314. The van der Waals surface area contributed by atoms with Crippen molar-refractivity contribution in [2.75, 3.05) is 14.1 Å². The molecule has 3 aliphatic carbocycles. The smallest absolute Gasteiger partial charge is 0.255 e. The highest BCUT2D eigenvalue weighted by Gasteiger charge is 2.67. The van der Waals surface area contributed by atoms with Gasteiger partial charge in [0.05, 0.1) is 29.2 Å². The van der Waals surface area contributed by atoms with Crippen molar-refractivity contribution in [3.8, 4) is 5.75 Å². The standard InChI is InChI=1S/C28H25FN2O8/c1-31(2)21-20-23(34)17-14(10-11-6-8-12(29)9-7-11)13-4-3-5-15(32)16(13)22(33)18(17)25(36)28(20,39)26(37)19(24(21)35)27(30)38/h3-10,17,20-21,23,32,34-36,39H,1-2H3,(H2,30,38)/b14-10+/t17-,20-,21+,23+,28+/m0/s1. The summed E-state index contributed by atoms with van der Waals surface area (Å²) < 4.78 is 13.6. The number of phenols is 1. The number of amides is 1. The van der Waals surface area contributed by atoms with Crippen LogP contribution in [-0.2, 0) is 9.59 Å². The van der Waals surface area contributed by atoms with Crippen molar-refractivity contribution in [3.63, 3.8) is 0 Å². The van der Waals surface area contributed by atoms with Gasteiger partial charge in [0, 0.05) is 5.92 Å². The summed E-state index contributed by atoms with van der Waals surface area (Å²) in [5, 5.41) is 56.6. The van der Waals surface area contributed by atoms with Gasteiger partial charge in [-0.15, -0.1) is 0 Å². The van der Waals surface area contributed by atoms with Crippen LogP contribution in [0.25, 0.3) is 11.6 Å². The second-order valence-corrected chi connectivity index (χ2v) is 10.1. The Hall–Kier alpha value is -4.32. The summed E-state index contributed by atoms with van der Waals surface area (Å²) >= 11 is 0. The Balaban J connectivity index is 1.86. The predicted molar refractivity (Wildman–Crippen MR) is 136 cm³/mol. The zero-order valence-electron chi connectivity index (χ0n) is 20.8. The molecule has 0 saturated heterocycles. The molecule has 0 heterocycles. The highest BCUT2D eigenvalue weighted by Crippen LogP contribution is 2.55. The topological polar surface area (TPSA) is 182 Å². The summed E-state index contributed by atoms with van der Waals surface area (Å²) in [5.41, 5.74) is 1.39. The first-order valence-corrected chi connectivity index (χ1v) is 11.9. The van der Waals surface area contributed by atoms with Crippen molar-refractivity contribution < 1.29 is 44.3 Å². The molecule has 3 aliphatic rings. The number of aliphatic hydroxyl groups is 4. The highest BCUT2D eigenvalue weighted by molar-refractivity contribution is 6.25. The monoisotopic (exact) mass is 536 g/mol. The number of rotatable bonds is 3. The fourth-order valence-electron chi connectivity index (χ4n) is 6.05. The number of aromatic hydroxyl groups is 1. The van der Waals surface area contributed by atoms with Gasteiger partial charge >= 0.3 is 0 Å². The number of aliphatic hydroxyl groups excluding tert-OH is 3. The number of halogens is 1. The maximum Gasteiger partial charge on any atom is 0.255 e. The average molecular weight is 537 g/mol. The van der Waals surface area contributed by atoms with E-state index in [2.05, 4.69) is 0 Å². The molecule has 1 amide bonds. The number of hydrogen-bond acceptors (Lipinski definition) is 9. The summed E-state index contributed by atoms with van der Waals surface area (Å²) in [6, 6.07) is 8.12. The third kappa shape index (κ3) is 3.54. The third-order valence-electron chi connectivity index (χ3n) is 7.72. The average Bonchev–Trinajstić information content (AvgIpc) is 2.86. The molecule has 0 fully saturated rings. The molecule has 5 atom stereocenters. The van der Waals surface area contributed by atoms with Crippen molar-refractivity contribution in [2.24, 2.45) is 17.6 Å². The number of carbonyl (C=O) groups excluding carboxylic acids is 3. The molecule has 11 heteroatoms. The van der Waals surface area contributed by atoms with Crippen LogP contribution in [-0.4, -0.2) is 79.7 Å². The van der Waals surface area contributed by atoms with Gasteiger partial charge in [0.25, 0.3) is 5.91 Å². The molecule has 7 N–H and O–H groups in total. The van der Waals surface area contributed by atoms with E-state index in [1.165, 1.54) is 67.5 Å². The van der Waals surface area contributed by atoms with Gasteiger partial charge in [-0.2, -0.15) is 0 Å². The molecular formula is C28H25FN2O8. The number of fused-ring (bicyclic) bond motifs is 3. The molecule has 0 bridgehead atoms. The van der Waals surface area contributed by atoms with Gasteiger partial charge in [-0.3, -0.25) is 19.3 Å². The van der Waals surface area contributed by atoms with Gasteiger partial charge in [-0.25, -0.2) is 4.39 Å². The first kappa shape index (κ1) is 26.3. The van der Waals surface area contributed by atoms with Gasteiger partial charge in [0.1, 0.15) is 28.7 Å². The minimum atomic E-state index is -3.02. The molecule has 2 aromatic carbocycles. The number of phenolic OH excluding ortho intramolecular Hbond substituents is 1. The molecule has 0 aliphatic heterocycles. The van der Waals surface area contributed by atoms with Crippen LogP contribution in [0.3, 0.4) is 0 Å². The summed E-state index contributed by atoms with van der Waals surface area (Å²) in [4.78, 5) is 40.7. The minimum absolute atomic E-state index is 0.205. The maximum absolute atomic E-state index is 13.7. The number of nitrogens with zero attached hydrogens (tertiary/aromatic N) is 1. The molecule has 0 unspecified atom stereocenters. The SMILES string of the molecule is CN(C)[C@H]1C(O)=C(C(N)=O)C(=O)[C@]2(O)C(O)=C3C(=O)c4c(O)cccc4/C(=C\c4ccc(F)cc4)[C@@H]3[C@@H](O)[C@H]12. The lowest BCUT2D eigenvalue weighted by Crippen LogP contribution is -2.68. The number of benzene rings is 2. The lowest BCUT2D eigenvalue weighted by Gasteiger charge is -2.52. The molecular weight excluding hydrogens is 511 g/mol. The summed E-state index contributed by atoms with van der Waals surface area (Å²) in [7, 11) is 2.90. The van der Waals surface area contributed by atoms with E-state index < -0.39 is 81.3 Å². The lowest BCUT2D eigenvalue weighted by molar-refractivity contribution is -0.159. The number of ketones is 2. The van der Waals surface area contributed by atoms with Crippen LogP contribution in [0.5, 0.6) is 5.75 Å². The van der Waals surface area contributed by atoms with Crippen LogP contribution in [0.1, 0.15) is 21.5 Å². The number of likely N-dealkylation sites (N-methyl/N-ethyl adjacent to an activating group) is 1. The molecule has 0 saturated carbocycles. The zero-order chi connectivity index (χ0) is 28.5.